The number of anilines is 1. The number of allylic oxidation sites excluding steroid dienone is 10. The SMILES string of the molecule is C=C/C=C(\C=C/OC1=CC=CC1)N(C1=CC=CCC1)c1ccc(Oc2ccccc2)cc1. The van der Waals surface area contributed by atoms with Gasteiger partial charge in [-0.3, -0.25) is 0 Å². The van der Waals surface area contributed by atoms with Gasteiger partial charge >= 0.3 is 0 Å². The minimum absolute atomic E-state index is 0.797. The van der Waals surface area contributed by atoms with Gasteiger partial charge in [0.15, 0.2) is 0 Å². The second-order valence-corrected chi connectivity index (χ2v) is 7.38. The Kier molecular flexibility index (Phi) is 7.22. The van der Waals surface area contributed by atoms with E-state index in [0.29, 0.717) is 0 Å². The maximum Gasteiger partial charge on any atom is 0.127 e. The summed E-state index contributed by atoms with van der Waals surface area (Å²) in [6.45, 7) is 3.92. The number of rotatable bonds is 9. The van der Waals surface area contributed by atoms with Crippen LogP contribution in [0.2, 0.25) is 0 Å². The first-order valence-corrected chi connectivity index (χ1v) is 10.8. The monoisotopic (exact) mass is 421 g/mol. The lowest BCUT2D eigenvalue weighted by atomic mass is 10.1. The van der Waals surface area contributed by atoms with E-state index < -0.39 is 0 Å². The largest absolute Gasteiger partial charge is 0.469 e. The average molecular weight is 422 g/mol. The molecule has 3 nitrogen and oxygen atoms in total. The summed E-state index contributed by atoms with van der Waals surface area (Å²) < 4.78 is 11.8. The third kappa shape index (κ3) is 5.58. The molecule has 0 saturated carbocycles. The third-order valence-corrected chi connectivity index (χ3v) is 5.10. The Bertz CT molecular complexity index is 1100. The molecule has 4 rings (SSSR count). The number of hydrogen-bond donors (Lipinski definition) is 0. The molecule has 0 unspecified atom stereocenters. The Morgan fingerprint density at radius 3 is 2.38 bits per heavy atom. The molecule has 0 fully saturated rings. The van der Waals surface area contributed by atoms with E-state index >= 15 is 0 Å². The fourth-order valence-electron chi connectivity index (χ4n) is 3.58. The molecule has 0 bridgehead atoms. The van der Waals surface area contributed by atoms with Crippen molar-refractivity contribution in [3.63, 3.8) is 0 Å². The average Bonchev–Trinajstić information content (AvgIpc) is 3.35. The van der Waals surface area contributed by atoms with E-state index in [-0.39, 0.29) is 0 Å². The van der Waals surface area contributed by atoms with Gasteiger partial charge in [-0.05, 0) is 73.5 Å². The maximum absolute atomic E-state index is 5.97. The van der Waals surface area contributed by atoms with Crippen LogP contribution in [0.25, 0.3) is 0 Å². The van der Waals surface area contributed by atoms with Crippen LogP contribution in [0.3, 0.4) is 0 Å². The lowest BCUT2D eigenvalue weighted by Gasteiger charge is -2.29. The molecular weight excluding hydrogens is 394 g/mol. The molecule has 0 N–H and O–H groups in total. The fraction of sp³-hybridized carbons (Fsp3) is 0.103. The number of hydrogen-bond acceptors (Lipinski definition) is 3. The molecule has 0 radical (unpaired) electrons. The molecule has 32 heavy (non-hydrogen) atoms. The van der Waals surface area contributed by atoms with Gasteiger partial charge in [-0.2, -0.15) is 0 Å². The minimum atomic E-state index is 0.797. The highest BCUT2D eigenvalue weighted by atomic mass is 16.5. The summed E-state index contributed by atoms with van der Waals surface area (Å²) in [5.41, 5.74) is 3.24. The van der Waals surface area contributed by atoms with Gasteiger partial charge in [0.1, 0.15) is 17.3 Å². The molecule has 160 valence electrons. The first-order chi connectivity index (χ1) is 15.8. The second-order valence-electron chi connectivity index (χ2n) is 7.38. The minimum Gasteiger partial charge on any atom is -0.469 e. The summed E-state index contributed by atoms with van der Waals surface area (Å²) in [6.07, 6.45) is 22.8. The molecule has 2 aromatic rings. The van der Waals surface area contributed by atoms with E-state index in [1.165, 1.54) is 5.70 Å². The summed E-state index contributed by atoms with van der Waals surface area (Å²) in [5.74, 6) is 2.56. The predicted octanol–water partition coefficient (Wildman–Crippen LogP) is 7.96. The van der Waals surface area contributed by atoms with E-state index in [0.717, 1.165) is 47.9 Å². The summed E-state index contributed by atoms with van der Waals surface area (Å²) >= 11 is 0. The van der Waals surface area contributed by atoms with Crippen molar-refractivity contribution in [2.45, 2.75) is 19.3 Å². The zero-order chi connectivity index (χ0) is 22.0. The molecule has 0 aromatic heterocycles. The summed E-state index contributed by atoms with van der Waals surface area (Å²) in [5, 5.41) is 0. The maximum atomic E-state index is 5.97. The van der Waals surface area contributed by atoms with Crippen molar-refractivity contribution in [2.75, 3.05) is 4.90 Å². The van der Waals surface area contributed by atoms with Gasteiger partial charge in [0.2, 0.25) is 0 Å². The van der Waals surface area contributed by atoms with Crippen molar-refractivity contribution in [1.29, 1.82) is 0 Å². The lowest BCUT2D eigenvalue weighted by Crippen LogP contribution is -2.21. The molecule has 0 aliphatic heterocycles. The number of ether oxygens (including phenoxy) is 2. The number of nitrogens with zero attached hydrogens (tertiary/aromatic N) is 1. The van der Waals surface area contributed by atoms with E-state index in [4.69, 9.17) is 9.47 Å². The Hall–Kier alpha value is -3.98. The highest BCUT2D eigenvalue weighted by molar-refractivity contribution is 5.62. The number of para-hydroxylation sites is 1. The summed E-state index contributed by atoms with van der Waals surface area (Å²) in [4.78, 5) is 2.23. The van der Waals surface area contributed by atoms with Crippen molar-refractivity contribution in [1.82, 2.24) is 0 Å². The van der Waals surface area contributed by atoms with Gasteiger partial charge in [0, 0.05) is 23.5 Å². The van der Waals surface area contributed by atoms with Gasteiger partial charge < -0.3 is 14.4 Å². The zero-order valence-corrected chi connectivity index (χ0v) is 18.1. The predicted molar refractivity (Wildman–Crippen MR) is 132 cm³/mol. The molecule has 0 saturated heterocycles. The molecule has 0 atom stereocenters. The molecule has 3 heteroatoms. The third-order valence-electron chi connectivity index (χ3n) is 5.10. The summed E-state index contributed by atoms with van der Waals surface area (Å²) in [6, 6.07) is 17.9. The van der Waals surface area contributed by atoms with E-state index in [1.807, 2.05) is 66.8 Å². The van der Waals surface area contributed by atoms with Crippen LogP contribution in [-0.4, -0.2) is 0 Å². The van der Waals surface area contributed by atoms with Crippen LogP contribution in [0.1, 0.15) is 19.3 Å². The highest BCUT2D eigenvalue weighted by Gasteiger charge is 2.16. The standard InChI is InChI=1S/C29H27NO2/c1-2-11-24(22-23-31-27-14-9-10-15-27)30(25-12-5-3-6-13-25)26-18-20-29(21-19-26)32-28-16-7-4-8-17-28/h2-5,7-12,14,16-23H,1,6,13,15H2/b23-22-,24-11+. The van der Waals surface area contributed by atoms with Gasteiger partial charge in [0.25, 0.3) is 0 Å². The molecule has 0 amide bonds. The van der Waals surface area contributed by atoms with Crippen LogP contribution in [0.5, 0.6) is 11.5 Å². The van der Waals surface area contributed by atoms with Gasteiger partial charge in [-0.1, -0.05) is 55.2 Å². The second kappa shape index (κ2) is 10.9. The van der Waals surface area contributed by atoms with Crippen molar-refractivity contribution < 1.29 is 9.47 Å². The normalized spacial score (nSPS) is 15.4. The van der Waals surface area contributed by atoms with E-state index in [2.05, 4.69) is 47.9 Å². The Labute approximate surface area is 190 Å². The lowest BCUT2D eigenvalue weighted by molar-refractivity contribution is 0.345. The number of benzene rings is 2. The van der Waals surface area contributed by atoms with E-state index in [9.17, 15) is 0 Å². The van der Waals surface area contributed by atoms with Crippen molar-refractivity contribution in [2.24, 2.45) is 0 Å². The van der Waals surface area contributed by atoms with E-state index in [1.54, 1.807) is 12.3 Å². The van der Waals surface area contributed by atoms with Crippen LogP contribution < -0.4 is 9.64 Å². The van der Waals surface area contributed by atoms with Crippen LogP contribution in [-0.2, 0) is 4.74 Å². The van der Waals surface area contributed by atoms with Crippen LogP contribution in [0.4, 0.5) is 5.69 Å². The smallest absolute Gasteiger partial charge is 0.127 e. The Balaban J connectivity index is 1.59. The topological polar surface area (TPSA) is 21.7 Å². The molecule has 0 spiro atoms. The molecule has 2 aliphatic rings. The fourth-order valence-corrected chi connectivity index (χ4v) is 3.58. The Morgan fingerprint density at radius 2 is 1.69 bits per heavy atom. The molecular formula is C29H27NO2. The Morgan fingerprint density at radius 1 is 0.906 bits per heavy atom. The van der Waals surface area contributed by atoms with Gasteiger partial charge in [-0.15, -0.1) is 0 Å². The molecule has 0 heterocycles. The zero-order valence-electron chi connectivity index (χ0n) is 18.1. The molecule has 2 aromatic carbocycles. The van der Waals surface area contributed by atoms with Gasteiger partial charge in [0.05, 0.1) is 6.26 Å². The first-order valence-electron chi connectivity index (χ1n) is 10.8. The van der Waals surface area contributed by atoms with Crippen LogP contribution >= 0.6 is 0 Å². The van der Waals surface area contributed by atoms with Gasteiger partial charge in [-0.25, -0.2) is 0 Å². The van der Waals surface area contributed by atoms with Crippen molar-refractivity contribution in [3.05, 3.63) is 139 Å². The van der Waals surface area contributed by atoms with Crippen LogP contribution in [0.15, 0.2) is 139 Å². The quantitative estimate of drug-likeness (QED) is 0.303. The van der Waals surface area contributed by atoms with Crippen molar-refractivity contribution >= 4 is 5.69 Å². The van der Waals surface area contributed by atoms with Crippen molar-refractivity contribution in [3.8, 4) is 11.5 Å². The highest BCUT2D eigenvalue weighted by Crippen LogP contribution is 2.32. The first kappa shape index (κ1) is 21.3. The summed E-state index contributed by atoms with van der Waals surface area (Å²) in [7, 11) is 0. The molecule has 2 aliphatic carbocycles. The van der Waals surface area contributed by atoms with Crippen LogP contribution in [0, 0.1) is 0 Å².